The summed E-state index contributed by atoms with van der Waals surface area (Å²) in [6.45, 7) is 5.06. The van der Waals surface area contributed by atoms with Crippen LogP contribution in [0.4, 0.5) is 5.69 Å². The molecule has 1 aliphatic heterocycles. The van der Waals surface area contributed by atoms with Crippen molar-refractivity contribution in [3.8, 4) is 0 Å². The van der Waals surface area contributed by atoms with E-state index < -0.39 is 0 Å². The molecule has 2 rings (SSSR count). The van der Waals surface area contributed by atoms with Gasteiger partial charge in [0, 0.05) is 31.4 Å². The van der Waals surface area contributed by atoms with Crippen LogP contribution in [0.25, 0.3) is 0 Å². The third-order valence-corrected chi connectivity index (χ3v) is 3.78. The quantitative estimate of drug-likeness (QED) is 0.755. The molecule has 17 heavy (non-hydrogen) atoms. The summed E-state index contributed by atoms with van der Waals surface area (Å²) in [6, 6.07) is 6.11. The Balaban J connectivity index is 2.28. The molecule has 0 amide bonds. The molecular weight excluding hydrogens is 236 g/mol. The molecule has 1 atom stereocenters. The zero-order chi connectivity index (χ0) is 12.4. The summed E-state index contributed by atoms with van der Waals surface area (Å²) in [5.74, 6) is 0. The lowest BCUT2D eigenvalue weighted by atomic mass is 10.1. The van der Waals surface area contributed by atoms with Gasteiger partial charge in [-0.2, -0.15) is 0 Å². The van der Waals surface area contributed by atoms with Gasteiger partial charge in [-0.05, 0) is 26.1 Å². The number of likely N-dealkylation sites (N-methyl/N-ethyl adjacent to an activating group) is 1. The van der Waals surface area contributed by atoms with Gasteiger partial charge in [0.05, 0.1) is 10.6 Å². The van der Waals surface area contributed by atoms with E-state index in [0.717, 1.165) is 31.6 Å². The molecule has 92 valence electrons. The van der Waals surface area contributed by atoms with Crippen molar-refractivity contribution in [3.05, 3.63) is 28.8 Å². The van der Waals surface area contributed by atoms with Crippen molar-refractivity contribution in [1.29, 1.82) is 0 Å². The number of benzene rings is 1. The van der Waals surface area contributed by atoms with E-state index in [2.05, 4.69) is 23.8 Å². The first-order valence-electron chi connectivity index (χ1n) is 5.82. The number of hydrogen-bond donors (Lipinski definition) is 0. The molecule has 1 aromatic rings. The SMILES string of the molecule is CC1CN(c2cccc(Cl)c2C=O)CCN1C. The number of carbonyl (C=O) groups excluding carboxylic acids is 1. The number of halogens is 1. The van der Waals surface area contributed by atoms with Crippen LogP contribution in [-0.2, 0) is 0 Å². The van der Waals surface area contributed by atoms with E-state index in [1.54, 1.807) is 6.07 Å². The number of piperazine rings is 1. The molecule has 1 heterocycles. The van der Waals surface area contributed by atoms with E-state index in [-0.39, 0.29) is 0 Å². The molecule has 0 saturated carbocycles. The van der Waals surface area contributed by atoms with Crippen LogP contribution in [-0.4, -0.2) is 43.9 Å². The Morgan fingerprint density at radius 3 is 2.82 bits per heavy atom. The molecule has 1 saturated heterocycles. The summed E-state index contributed by atoms with van der Waals surface area (Å²) in [4.78, 5) is 15.7. The van der Waals surface area contributed by atoms with E-state index in [1.807, 2.05) is 12.1 Å². The molecule has 1 aromatic carbocycles. The van der Waals surface area contributed by atoms with E-state index >= 15 is 0 Å². The maximum Gasteiger partial charge on any atom is 0.153 e. The molecule has 0 radical (unpaired) electrons. The summed E-state index contributed by atoms with van der Waals surface area (Å²) in [7, 11) is 2.13. The maximum absolute atomic E-state index is 11.1. The minimum atomic E-state index is 0.488. The van der Waals surface area contributed by atoms with Gasteiger partial charge in [0.2, 0.25) is 0 Å². The molecule has 4 heteroatoms. The minimum Gasteiger partial charge on any atom is -0.368 e. The van der Waals surface area contributed by atoms with Crippen LogP contribution in [0.2, 0.25) is 5.02 Å². The van der Waals surface area contributed by atoms with Crippen molar-refractivity contribution < 1.29 is 4.79 Å². The molecule has 3 nitrogen and oxygen atoms in total. The highest BCUT2D eigenvalue weighted by Gasteiger charge is 2.22. The van der Waals surface area contributed by atoms with Gasteiger partial charge < -0.3 is 9.80 Å². The van der Waals surface area contributed by atoms with Gasteiger partial charge in [-0.1, -0.05) is 17.7 Å². The highest BCUT2D eigenvalue weighted by Crippen LogP contribution is 2.27. The summed E-state index contributed by atoms with van der Waals surface area (Å²) < 4.78 is 0. The topological polar surface area (TPSA) is 23.6 Å². The highest BCUT2D eigenvalue weighted by atomic mass is 35.5. The zero-order valence-corrected chi connectivity index (χ0v) is 10.9. The average Bonchev–Trinajstić information content (AvgIpc) is 2.32. The van der Waals surface area contributed by atoms with Crippen LogP contribution in [0, 0.1) is 0 Å². The smallest absolute Gasteiger partial charge is 0.153 e. The van der Waals surface area contributed by atoms with Crippen molar-refractivity contribution in [2.24, 2.45) is 0 Å². The highest BCUT2D eigenvalue weighted by molar-refractivity contribution is 6.33. The Morgan fingerprint density at radius 1 is 1.41 bits per heavy atom. The molecule has 1 unspecified atom stereocenters. The molecule has 0 aromatic heterocycles. The van der Waals surface area contributed by atoms with Gasteiger partial charge >= 0.3 is 0 Å². The fourth-order valence-electron chi connectivity index (χ4n) is 2.19. The lowest BCUT2D eigenvalue weighted by molar-refractivity contribution is 0.112. The number of rotatable bonds is 2. The van der Waals surface area contributed by atoms with Crippen LogP contribution >= 0.6 is 11.6 Å². The van der Waals surface area contributed by atoms with E-state index in [1.165, 1.54) is 0 Å². The predicted molar refractivity (Wildman–Crippen MR) is 71.1 cm³/mol. The van der Waals surface area contributed by atoms with Crippen LogP contribution in [0.15, 0.2) is 18.2 Å². The normalized spacial score (nSPS) is 21.6. The summed E-state index contributed by atoms with van der Waals surface area (Å²) in [5.41, 5.74) is 1.55. The Labute approximate surface area is 107 Å². The lowest BCUT2D eigenvalue weighted by Crippen LogP contribution is -2.50. The summed E-state index contributed by atoms with van der Waals surface area (Å²) in [6.07, 6.45) is 0.848. The lowest BCUT2D eigenvalue weighted by Gasteiger charge is -2.39. The Kier molecular flexibility index (Phi) is 3.69. The van der Waals surface area contributed by atoms with E-state index in [4.69, 9.17) is 11.6 Å². The number of carbonyl (C=O) groups is 1. The van der Waals surface area contributed by atoms with Gasteiger partial charge in [-0.25, -0.2) is 0 Å². The van der Waals surface area contributed by atoms with Crippen molar-refractivity contribution in [2.45, 2.75) is 13.0 Å². The van der Waals surface area contributed by atoms with Gasteiger partial charge in [0.15, 0.2) is 6.29 Å². The number of nitrogens with zero attached hydrogens (tertiary/aromatic N) is 2. The van der Waals surface area contributed by atoms with Crippen LogP contribution < -0.4 is 4.90 Å². The van der Waals surface area contributed by atoms with E-state index in [0.29, 0.717) is 16.6 Å². The molecule has 1 fully saturated rings. The second kappa shape index (κ2) is 5.07. The Morgan fingerprint density at radius 2 is 2.18 bits per heavy atom. The molecular formula is C13H17ClN2O. The number of anilines is 1. The van der Waals surface area contributed by atoms with Gasteiger partial charge in [0.1, 0.15) is 0 Å². The first kappa shape index (κ1) is 12.4. The van der Waals surface area contributed by atoms with Gasteiger partial charge in [-0.15, -0.1) is 0 Å². The van der Waals surface area contributed by atoms with Crippen molar-refractivity contribution >= 4 is 23.6 Å². The van der Waals surface area contributed by atoms with Crippen molar-refractivity contribution in [2.75, 3.05) is 31.6 Å². The summed E-state index contributed by atoms with van der Waals surface area (Å²) >= 11 is 6.05. The van der Waals surface area contributed by atoms with Crippen molar-refractivity contribution in [1.82, 2.24) is 4.90 Å². The number of hydrogen-bond acceptors (Lipinski definition) is 3. The summed E-state index contributed by atoms with van der Waals surface area (Å²) in [5, 5.41) is 0.532. The predicted octanol–water partition coefficient (Wildman–Crippen LogP) is 2.29. The minimum absolute atomic E-state index is 0.488. The van der Waals surface area contributed by atoms with Crippen LogP contribution in [0.5, 0.6) is 0 Å². The van der Waals surface area contributed by atoms with Crippen LogP contribution in [0.3, 0.4) is 0 Å². The fraction of sp³-hybridized carbons (Fsp3) is 0.462. The Hall–Kier alpha value is -1.06. The molecule has 0 aliphatic carbocycles. The third kappa shape index (κ3) is 2.45. The maximum atomic E-state index is 11.1. The first-order chi connectivity index (χ1) is 8.13. The second-order valence-electron chi connectivity index (χ2n) is 4.57. The third-order valence-electron chi connectivity index (χ3n) is 3.45. The largest absolute Gasteiger partial charge is 0.368 e. The first-order valence-corrected chi connectivity index (χ1v) is 6.20. The monoisotopic (exact) mass is 252 g/mol. The molecule has 0 bridgehead atoms. The molecule has 0 N–H and O–H groups in total. The standard InChI is InChI=1S/C13H17ClN2O/c1-10-8-16(7-6-15(10)2)13-5-3-4-12(14)11(13)9-17/h3-5,9-10H,6-8H2,1-2H3. The Bertz CT molecular complexity index is 422. The average molecular weight is 253 g/mol. The fourth-order valence-corrected chi connectivity index (χ4v) is 2.40. The zero-order valence-electron chi connectivity index (χ0n) is 10.2. The van der Waals surface area contributed by atoms with Gasteiger partial charge in [0.25, 0.3) is 0 Å². The van der Waals surface area contributed by atoms with E-state index in [9.17, 15) is 4.79 Å². The van der Waals surface area contributed by atoms with Crippen molar-refractivity contribution in [3.63, 3.8) is 0 Å². The van der Waals surface area contributed by atoms with Crippen LogP contribution in [0.1, 0.15) is 17.3 Å². The molecule has 1 aliphatic rings. The number of aldehydes is 1. The second-order valence-corrected chi connectivity index (χ2v) is 4.97. The molecule has 0 spiro atoms. The van der Waals surface area contributed by atoms with Gasteiger partial charge in [-0.3, -0.25) is 4.79 Å².